The van der Waals surface area contributed by atoms with Crippen LogP contribution in [0, 0.1) is 0 Å². The SMILES string of the molecule is CC(C)(C)OC(=O)N1CCNC(=O)c2nn(C3CCOCC3)cc2NC(=O)c2csc(n2)-c2ccnc(c2)OCC1. The van der Waals surface area contributed by atoms with Crippen LogP contribution in [0.2, 0.25) is 0 Å². The fourth-order valence-corrected chi connectivity index (χ4v) is 5.17. The van der Waals surface area contributed by atoms with Crippen molar-refractivity contribution < 1.29 is 28.6 Å². The zero-order chi connectivity index (χ0) is 29.0. The Morgan fingerprint density at radius 2 is 1.95 bits per heavy atom. The lowest BCUT2D eigenvalue weighted by molar-refractivity contribution is 0.0226. The minimum atomic E-state index is -0.695. The molecule has 1 saturated heterocycles. The molecule has 0 aliphatic carbocycles. The van der Waals surface area contributed by atoms with E-state index in [9.17, 15) is 14.4 Å². The number of thiazole rings is 1. The molecule has 0 radical (unpaired) electrons. The first-order valence-corrected chi connectivity index (χ1v) is 14.3. The van der Waals surface area contributed by atoms with E-state index in [0.29, 0.717) is 24.1 Å². The number of nitrogens with one attached hydrogen (secondary N) is 2. The molecule has 5 rings (SSSR count). The van der Waals surface area contributed by atoms with Gasteiger partial charge in [0.15, 0.2) is 5.69 Å². The van der Waals surface area contributed by atoms with Gasteiger partial charge in [0.1, 0.15) is 22.9 Å². The molecule has 3 aromatic heterocycles. The minimum absolute atomic E-state index is 0.0389. The molecule has 0 spiro atoms. The van der Waals surface area contributed by atoms with Crippen LogP contribution in [0.1, 0.15) is 60.6 Å². The van der Waals surface area contributed by atoms with Crippen molar-refractivity contribution in [2.45, 2.75) is 45.3 Å². The molecule has 2 N–H and O–H groups in total. The average Bonchev–Trinajstić information content (AvgIpc) is 3.60. The Morgan fingerprint density at radius 1 is 1.15 bits per heavy atom. The Bertz CT molecular complexity index is 1410. The molecule has 3 amide bonds. The Hall–Kier alpha value is -4.04. The summed E-state index contributed by atoms with van der Waals surface area (Å²) in [6.07, 6.45) is 4.23. The number of hydrogen-bond acceptors (Lipinski definition) is 10. The van der Waals surface area contributed by atoms with E-state index in [0.717, 1.165) is 18.4 Å². The molecule has 4 bridgehead atoms. The highest BCUT2D eigenvalue weighted by atomic mass is 32.1. The molecular weight excluding hydrogens is 550 g/mol. The van der Waals surface area contributed by atoms with Crippen LogP contribution in [0.25, 0.3) is 10.6 Å². The fourth-order valence-electron chi connectivity index (χ4n) is 4.38. The molecule has 2 aliphatic rings. The van der Waals surface area contributed by atoms with Gasteiger partial charge < -0.3 is 29.7 Å². The van der Waals surface area contributed by atoms with Gasteiger partial charge in [-0.1, -0.05) is 0 Å². The molecule has 0 atom stereocenters. The molecule has 0 saturated carbocycles. The molecule has 2 aliphatic heterocycles. The first-order valence-electron chi connectivity index (χ1n) is 13.5. The summed E-state index contributed by atoms with van der Waals surface area (Å²) in [7, 11) is 0. The maximum atomic E-state index is 13.3. The van der Waals surface area contributed by atoms with Crippen LogP contribution in [-0.2, 0) is 9.47 Å². The lowest BCUT2D eigenvalue weighted by Gasteiger charge is -2.27. The lowest BCUT2D eigenvalue weighted by Crippen LogP contribution is -2.43. The van der Waals surface area contributed by atoms with E-state index >= 15 is 0 Å². The van der Waals surface area contributed by atoms with Crippen molar-refractivity contribution in [3.05, 3.63) is 41.3 Å². The van der Waals surface area contributed by atoms with Gasteiger partial charge in [0.2, 0.25) is 5.88 Å². The zero-order valence-corrected chi connectivity index (χ0v) is 24.0. The Balaban J connectivity index is 1.45. The second-order valence-corrected chi connectivity index (χ2v) is 11.5. The highest BCUT2D eigenvalue weighted by Gasteiger charge is 2.26. The van der Waals surface area contributed by atoms with Gasteiger partial charge in [-0.2, -0.15) is 5.10 Å². The van der Waals surface area contributed by atoms with Gasteiger partial charge in [-0.05, 0) is 39.7 Å². The van der Waals surface area contributed by atoms with Crippen molar-refractivity contribution in [2.75, 3.05) is 44.8 Å². The first kappa shape index (κ1) is 28.5. The quantitative estimate of drug-likeness (QED) is 0.440. The van der Waals surface area contributed by atoms with Crippen molar-refractivity contribution in [1.82, 2.24) is 30.0 Å². The zero-order valence-electron chi connectivity index (χ0n) is 23.2. The maximum absolute atomic E-state index is 13.3. The van der Waals surface area contributed by atoms with Gasteiger partial charge in [-0.15, -0.1) is 11.3 Å². The van der Waals surface area contributed by atoms with Crippen molar-refractivity contribution in [3.63, 3.8) is 0 Å². The fraction of sp³-hybridized carbons (Fsp3) is 0.481. The third-order valence-electron chi connectivity index (χ3n) is 6.41. The number of fused-ring (bicyclic) bond motifs is 6. The summed E-state index contributed by atoms with van der Waals surface area (Å²) in [5.74, 6) is -0.589. The van der Waals surface area contributed by atoms with Crippen LogP contribution in [0.3, 0.4) is 0 Å². The summed E-state index contributed by atoms with van der Waals surface area (Å²) in [4.78, 5) is 49.6. The highest BCUT2D eigenvalue weighted by molar-refractivity contribution is 7.13. The number of hydrogen-bond donors (Lipinski definition) is 2. The van der Waals surface area contributed by atoms with Crippen LogP contribution in [0.5, 0.6) is 5.88 Å². The third kappa shape index (κ3) is 7.19. The monoisotopic (exact) mass is 583 g/mol. The van der Waals surface area contributed by atoms with E-state index in [-0.39, 0.29) is 49.4 Å². The number of amides is 3. The molecule has 0 aromatic carbocycles. The molecule has 14 heteroatoms. The number of carbonyl (C=O) groups is 3. The van der Waals surface area contributed by atoms with Crippen molar-refractivity contribution >= 4 is 34.9 Å². The summed E-state index contributed by atoms with van der Waals surface area (Å²) in [5.41, 5.74) is 0.602. The third-order valence-corrected chi connectivity index (χ3v) is 7.30. The second kappa shape index (κ2) is 12.2. The van der Waals surface area contributed by atoms with Gasteiger partial charge >= 0.3 is 6.09 Å². The van der Waals surface area contributed by atoms with Crippen molar-refractivity contribution in [2.24, 2.45) is 0 Å². The molecule has 1 fully saturated rings. The number of rotatable bonds is 1. The van der Waals surface area contributed by atoms with E-state index < -0.39 is 23.5 Å². The predicted molar refractivity (Wildman–Crippen MR) is 150 cm³/mol. The highest BCUT2D eigenvalue weighted by Crippen LogP contribution is 2.28. The van der Waals surface area contributed by atoms with E-state index in [1.165, 1.54) is 16.2 Å². The average molecular weight is 584 g/mol. The molecule has 0 unspecified atom stereocenters. The predicted octanol–water partition coefficient (Wildman–Crippen LogP) is 3.36. The summed E-state index contributed by atoms with van der Waals surface area (Å²) in [6.45, 7) is 7.19. The summed E-state index contributed by atoms with van der Waals surface area (Å²) in [5, 5.41) is 12.4. The number of nitrogens with zero attached hydrogens (tertiary/aromatic N) is 5. The van der Waals surface area contributed by atoms with Crippen LogP contribution >= 0.6 is 11.3 Å². The van der Waals surface area contributed by atoms with Gasteiger partial charge in [0, 0.05) is 55.7 Å². The smallest absolute Gasteiger partial charge is 0.410 e. The standard InChI is InChI=1S/C27H33N7O6S/c1-27(2,3)40-26(37)33-9-8-29-24(36)22-19(15-34(32-22)18-5-11-38-12-6-18)30-23(35)20-16-41-25(31-20)17-4-7-28-21(14-17)39-13-10-33/h4,7,14-16,18H,5-6,8-13H2,1-3H3,(H,29,36)(H,30,35). The Labute approximate surface area is 241 Å². The van der Waals surface area contributed by atoms with E-state index in [4.69, 9.17) is 14.2 Å². The van der Waals surface area contributed by atoms with Crippen molar-refractivity contribution in [1.29, 1.82) is 0 Å². The van der Waals surface area contributed by atoms with E-state index in [1.54, 1.807) is 55.4 Å². The number of ether oxygens (including phenoxy) is 3. The molecule has 13 nitrogen and oxygen atoms in total. The number of anilines is 1. The largest absolute Gasteiger partial charge is 0.476 e. The normalized spacial score (nSPS) is 17.4. The van der Waals surface area contributed by atoms with E-state index in [1.807, 2.05) is 0 Å². The van der Waals surface area contributed by atoms with Gasteiger partial charge in [-0.3, -0.25) is 14.3 Å². The number of aromatic nitrogens is 4. The van der Waals surface area contributed by atoms with Gasteiger partial charge in [-0.25, -0.2) is 14.8 Å². The summed E-state index contributed by atoms with van der Waals surface area (Å²) >= 11 is 1.30. The maximum Gasteiger partial charge on any atom is 0.410 e. The lowest BCUT2D eigenvalue weighted by atomic mass is 10.1. The number of pyridine rings is 1. The second-order valence-electron chi connectivity index (χ2n) is 10.7. The number of carbonyl (C=O) groups excluding carboxylic acids is 3. The summed E-state index contributed by atoms with van der Waals surface area (Å²) in [6, 6.07) is 3.55. The molecular formula is C27H33N7O6S. The Morgan fingerprint density at radius 3 is 2.73 bits per heavy atom. The molecule has 218 valence electrons. The molecule has 41 heavy (non-hydrogen) atoms. The molecule has 5 heterocycles. The van der Waals surface area contributed by atoms with Crippen LogP contribution in [0.15, 0.2) is 29.9 Å². The van der Waals surface area contributed by atoms with Crippen LogP contribution < -0.4 is 15.4 Å². The Kier molecular flexibility index (Phi) is 8.49. The summed E-state index contributed by atoms with van der Waals surface area (Å²) < 4.78 is 18.6. The van der Waals surface area contributed by atoms with Crippen LogP contribution in [0.4, 0.5) is 10.5 Å². The van der Waals surface area contributed by atoms with E-state index in [2.05, 4.69) is 25.7 Å². The van der Waals surface area contributed by atoms with Crippen molar-refractivity contribution in [3.8, 4) is 16.5 Å². The minimum Gasteiger partial charge on any atom is -0.476 e. The van der Waals surface area contributed by atoms with Gasteiger partial charge in [0.05, 0.1) is 18.3 Å². The first-order chi connectivity index (χ1) is 19.7. The van der Waals surface area contributed by atoms with Crippen LogP contribution in [-0.4, -0.2) is 87.6 Å². The molecule has 3 aromatic rings. The van der Waals surface area contributed by atoms with Gasteiger partial charge in [0.25, 0.3) is 11.8 Å². The topological polar surface area (TPSA) is 150 Å².